The monoisotopic (exact) mass is 363 g/mol. The summed E-state index contributed by atoms with van der Waals surface area (Å²) < 4.78 is 41.6. The first kappa shape index (κ1) is 18.1. The molecule has 0 radical (unpaired) electrons. The van der Waals surface area contributed by atoms with Crippen LogP contribution in [0, 0.1) is 11.7 Å². The average molecular weight is 364 g/mol. The molecule has 23 heavy (non-hydrogen) atoms. The molecule has 0 aliphatic carbocycles. The molecule has 2 unspecified atom stereocenters. The molecule has 1 aliphatic rings. The Labute approximate surface area is 139 Å². The number of anilines is 1. The molecule has 0 aromatic heterocycles. The highest BCUT2D eigenvalue weighted by atomic mass is 35.5. The highest BCUT2D eigenvalue weighted by molar-refractivity contribution is 7.89. The lowest BCUT2D eigenvalue weighted by molar-refractivity contribution is -0.114. The summed E-state index contributed by atoms with van der Waals surface area (Å²) in [6, 6.07) is 1.65. The maximum atomic E-state index is 14.2. The van der Waals surface area contributed by atoms with E-state index in [0.29, 0.717) is 19.5 Å². The summed E-state index contributed by atoms with van der Waals surface area (Å²) in [4.78, 5) is 10.5. The number of nitrogens with one attached hydrogen (secondary N) is 3. The van der Waals surface area contributed by atoms with Crippen molar-refractivity contribution in [3.05, 3.63) is 23.0 Å². The molecule has 1 aromatic rings. The molecule has 0 bridgehead atoms. The second-order valence-corrected chi connectivity index (χ2v) is 7.73. The Kier molecular flexibility index (Phi) is 5.61. The van der Waals surface area contributed by atoms with E-state index in [4.69, 9.17) is 11.6 Å². The third-order valence-corrected chi connectivity index (χ3v) is 5.53. The van der Waals surface area contributed by atoms with Crippen LogP contribution in [-0.4, -0.2) is 33.5 Å². The Balaban J connectivity index is 2.29. The fourth-order valence-corrected chi connectivity index (χ4v) is 4.21. The maximum Gasteiger partial charge on any atom is 0.243 e. The van der Waals surface area contributed by atoms with Crippen LogP contribution < -0.4 is 15.4 Å². The molecule has 2 rings (SSSR count). The minimum absolute atomic E-state index is 0.0332. The molecule has 0 saturated carbocycles. The van der Waals surface area contributed by atoms with Crippen molar-refractivity contribution in [2.45, 2.75) is 31.2 Å². The van der Waals surface area contributed by atoms with Gasteiger partial charge in [-0.1, -0.05) is 18.5 Å². The SMILES string of the molecule is CC(=O)Nc1cc(F)c(S(=O)(=O)NC2CCNCC2C)cc1Cl. The van der Waals surface area contributed by atoms with Gasteiger partial charge >= 0.3 is 0 Å². The fraction of sp³-hybridized carbons (Fsp3) is 0.500. The zero-order chi connectivity index (χ0) is 17.2. The highest BCUT2D eigenvalue weighted by Gasteiger charge is 2.29. The molecule has 1 fully saturated rings. The van der Waals surface area contributed by atoms with Gasteiger partial charge in [0.2, 0.25) is 15.9 Å². The first-order valence-corrected chi connectivity index (χ1v) is 9.06. The van der Waals surface area contributed by atoms with Gasteiger partial charge in [0, 0.05) is 19.0 Å². The van der Waals surface area contributed by atoms with Crippen LogP contribution in [-0.2, 0) is 14.8 Å². The molecule has 2 atom stereocenters. The summed E-state index contributed by atoms with van der Waals surface area (Å²) in [6.45, 7) is 4.56. The van der Waals surface area contributed by atoms with Crippen molar-refractivity contribution in [2.75, 3.05) is 18.4 Å². The molecule has 1 saturated heterocycles. The summed E-state index contributed by atoms with van der Waals surface area (Å²) in [5.74, 6) is -1.30. The Morgan fingerprint density at radius 2 is 2.13 bits per heavy atom. The Morgan fingerprint density at radius 1 is 1.43 bits per heavy atom. The molecule has 6 nitrogen and oxygen atoms in total. The average Bonchev–Trinajstić information content (AvgIpc) is 2.44. The van der Waals surface area contributed by atoms with Crippen LogP contribution in [0.4, 0.5) is 10.1 Å². The Morgan fingerprint density at radius 3 is 2.74 bits per heavy atom. The van der Waals surface area contributed by atoms with E-state index in [-0.39, 0.29) is 22.7 Å². The lowest BCUT2D eigenvalue weighted by Gasteiger charge is -2.30. The number of halogens is 2. The van der Waals surface area contributed by atoms with Crippen molar-refractivity contribution in [2.24, 2.45) is 5.92 Å². The van der Waals surface area contributed by atoms with E-state index >= 15 is 0 Å². The highest BCUT2D eigenvalue weighted by Crippen LogP contribution is 2.28. The van der Waals surface area contributed by atoms with Crippen molar-refractivity contribution in [1.29, 1.82) is 0 Å². The van der Waals surface area contributed by atoms with E-state index in [1.54, 1.807) is 0 Å². The van der Waals surface area contributed by atoms with Crippen LogP contribution >= 0.6 is 11.6 Å². The lowest BCUT2D eigenvalue weighted by atomic mass is 9.97. The molecule has 0 spiro atoms. The quantitative estimate of drug-likeness (QED) is 0.760. The summed E-state index contributed by atoms with van der Waals surface area (Å²) in [6.07, 6.45) is 0.625. The Bertz CT molecular complexity index is 711. The first-order chi connectivity index (χ1) is 10.7. The normalized spacial score (nSPS) is 21.9. The van der Waals surface area contributed by atoms with E-state index in [1.165, 1.54) is 6.92 Å². The topological polar surface area (TPSA) is 87.3 Å². The van der Waals surface area contributed by atoms with Crippen LogP contribution in [0.25, 0.3) is 0 Å². The molecular formula is C14H19ClFN3O3S. The summed E-state index contributed by atoms with van der Waals surface area (Å²) in [5, 5.41) is 5.47. The van der Waals surface area contributed by atoms with Gasteiger partial charge in [-0.15, -0.1) is 0 Å². The number of amides is 1. The predicted octanol–water partition coefficient (Wildman–Crippen LogP) is 1.71. The zero-order valence-corrected chi connectivity index (χ0v) is 14.4. The van der Waals surface area contributed by atoms with Gasteiger partial charge < -0.3 is 10.6 Å². The van der Waals surface area contributed by atoms with Crippen molar-refractivity contribution in [3.8, 4) is 0 Å². The van der Waals surface area contributed by atoms with E-state index in [0.717, 1.165) is 12.1 Å². The number of rotatable bonds is 4. The maximum absolute atomic E-state index is 14.2. The summed E-state index contributed by atoms with van der Waals surface area (Å²) in [7, 11) is -4.04. The van der Waals surface area contributed by atoms with E-state index in [2.05, 4.69) is 15.4 Å². The molecule has 128 valence electrons. The standard InChI is InChI=1S/C14H19ClFN3O3S/c1-8-7-17-4-3-12(8)19-23(21,22)14-5-10(15)13(6-11(14)16)18-9(2)20/h5-6,8,12,17,19H,3-4,7H2,1-2H3,(H,18,20). The first-order valence-electron chi connectivity index (χ1n) is 7.20. The predicted molar refractivity (Wildman–Crippen MR) is 86.5 cm³/mol. The number of hydrogen-bond acceptors (Lipinski definition) is 4. The van der Waals surface area contributed by atoms with Crippen LogP contribution in [0.5, 0.6) is 0 Å². The van der Waals surface area contributed by atoms with Crippen LogP contribution in [0.2, 0.25) is 5.02 Å². The zero-order valence-electron chi connectivity index (χ0n) is 12.8. The van der Waals surface area contributed by atoms with Gasteiger partial charge in [0.1, 0.15) is 10.7 Å². The summed E-state index contributed by atoms with van der Waals surface area (Å²) in [5.41, 5.74) is 0.0332. The molecule has 9 heteroatoms. The number of sulfonamides is 1. The molecular weight excluding hydrogens is 345 g/mol. The van der Waals surface area contributed by atoms with Crippen LogP contribution in [0.3, 0.4) is 0 Å². The van der Waals surface area contributed by atoms with E-state index in [9.17, 15) is 17.6 Å². The molecule has 1 amide bonds. The number of benzene rings is 1. The van der Waals surface area contributed by atoms with Gasteiger partial charge in [-0.3, -0.25) is 4.79 Å². The second kappa shape index (κ2) is 7.12. The number of carbonyl (C=O) groups is 1. The van der Waals surface area contributed by atoms with Crippen molar-refractivity contribution in [3.63, 3.8) is 0 Å². The number of carbonyl (C=O) groups excluding carboxylic acids is 1. The minimum Gasteiger partial charge on any atom is -0.325 e. The van der Waals surface area contributed by atoms with Crippen molar-refractivity contribution < 1.29 is 17.6 Å². The fourth-order valence-electron chi connectivity index (χ4n) is 2.47. The minimum atomic E-state index is -4.04. The number of hydrogen-bond donors (Lipinski definition) is 3. The summed E-state index contributed by atoms with van der Waals surface area (Å²) >= 11 is 5.94. The van der Waals surface area contributed by atoms with Crippen LogP contribution in [0.15, 0.2) is 17.0 Å². The van der Waals surface area contributed by atoms with Crippen LogP contribution in [0.1, 0.15) is 20.3 Å². The van der Waals surface area contributed by atoms with Crippen molar-refractivity contribution in [1.82, 2.24) is 10.0 Å². The van der Waals surface area contributed by atoms with Crippen molar-refractivity contribution >= 4 is 33.2 Å². The van der Waals surface area contributed by atoms with Gasteiger partial charge in [0.15, 0.2) is 0 Å². The van der Waals surface area contributed by atoms with E-state index in [1.807, 2.05) is 6.92 Å². The van der Waals surface area contributed by atoms with Gasteiger partial charge in [0.05, 0.1) is 10.7 Å². The number of piperidine rings is 1. The largest absolute Gasteiger partial charge is 0.325 e. The molecule has 3 N–H and O–H groups in total. The second-order valence-electron chi connectivity index (χ2n) is 5.64. The third-order valence-electron chi connectivity index (χ3n) is 3.71. The Hall–Kier alpha value is -1.22. The molecule has 1 aliphatic heterocycles. The molecule has 1 heterocycles. The smallest absolute Gasteiger partial charge is 0.243 e. The third kappa shape index (κ3) is 4.41. The van der Waals surface area contributed by atoms with Gasteiger partial charge in [0.25, 0.3) is 0 Å². The van der Waals surface area contributed by atoms with Gasteiger partial charge in [-0.05, 0) is 31.5 Å². The van der Waals surface area contributed by atoms with Gasteiger partial charge in [-0.25, -0.2) is 17.5 Å². The lowest BCUT2D eigenvalue weighted by Crippen LogP contribution is -2.48. The van der Waals surface area contributed by atoms with Gasteiger partial charge in [-0.2, -0.15) is 0 Å². The van der Waals surface area contributed by atoms with E-state index < -0.39 is 26.6 Å². The molecule has 1 aromatic carbocycles.